The Bertz CT molecular complexity index is 947. The number of ether oxygens (including phenoxy) is 2. The fourth-order valence-electron chi connectivity index (χ4n) is 3.54. The molecule has 0 bridgehead atoms. The van der Waals surface area contributed by atoms with Gasteiger partial charge < -0.3 is 19.7 Å². The summed E-state index contributed by atoms with van der Waals surface area (Å²) >= 11 is 0. The molecule has 1 heterocycles. The Kier molecular flexibility index (Phi) is 6.64. The molecule has 2 aromatic rings. The molecule has 8 heteroatoms. The molecular weight excluding hydrogens is 392 g/mol. The van der Waals surface area contributed by atoms with Crippen LogP contribution in [-0.2, 0) is 16.3 Å². The van der Waals surface area contributed by atoms with E-state index in [-0.39, 0.29) is 12.6 Å². The number of urea groups is 1. The average molecular weight is 419 g/mol. The standard InChI is InChI=1S/C21H26N2O5S/c1-27-19-10-6-7-16(20(19)28-2)11-13-22-21(24)23-14-12-18(15-23)29(25,26)17-8-4-3-5-9-17/h3-10,18H,11-15H2,1-2H3,(H,22,24). The number of carbonyl (C=O) groups excluding carboxylic acids is 1. The molecule has 2 aromatic carbocycles. The second-order valence-corrected chi connectivity index (χ2v) is 9.08. The molecule has 0 radical (unpaired) electrons. The van der Waals surface area contributed by atoms with Gasteiger partial charge in [-0.15, -0.1) is 0 Å². The number of nitrogens with zero attached hydrogens (tertiary/aromatic N) is 1. The monoisotopic (exact) mass is 418 g/mol. The summed E-state index contributed by atoms with van der Waals surface area (Å²) in [6, 6.07) is 13.8. The lowest BCUT2D eigenvalue weighted by molar-refractivity contribution is 0.209. The molecule has 2 amide bonds. The highest BCUT2D eigenvalue weighted by Gasteiger charge is 2.36. The second kappa shape index (κ2) is 9.17. The van der Waals surface area contributed by atoms with Gasteiger partial charge in [0.05, 0.1) is 24.4 Å². The minimum Gasteiger partial charge on any atom is -0.493 e. The van der Waals surface area contributed by atoms with E-state index in [1.165, 1.54) is 0 Å². The Morgan fingerprint density at radius 2 is 1.86 bits per heavy atom. The van der Waals surface area contributed by atoms with E-state index in [1.54, 1.807) is 49.5 Å². The quantitative estimate of drug-likeness (QED) is 0.747. The molecular formula is C21H26N2O5S. The molecule has 29 heavy (non-hydrogen) atoms. The van der Waals surface area contributed by atoms with Crippen LogP contribution in [0.3, 0.4) is 0 Å². The largest absolute Gasteiger partial charge is 0.493 e. The van der Waals surface area contributed by atoms with Crippen LogP contribution in [0.1, 0.15) is 12.0 Å². The van der Waals surface area contributed by atoms with Crippen molar-refractivity contribution in [2.45, 2.75) is 23.0 Å². The molecule has 1 aliphatic rings. The summed E-state index contributed by atoms with van der Waals surface area (Å²) in [4.78, 5) is 14.4. The van der Waals surface area contributed by atoms with E-state index >= 15 is 0 Å². The first-order valence-corrected chi connectivity index (χ1v) is 11.0. The molecule has 1 unspecified atom stereocenters. The number of nitrogens with one attached hydrogen (secondary N) is 1. The van der Waals surface area contributed by atoms with Crippen molar-refractivity contribution >= 4 is 15.9 Å². The highest BCUT2D eigenvalue weighted by Crippen LogP contribution is 2.30. The summed E-state index contributed by atoms with van der Waals surface area (Å²) in [6.45, 7) is 1.03. The first kappa shape index (κ1) is 21.0. The molecule has 1 atom stereocenters. The fourth-order valence-corrected chi connectivity index (χ4v) is 5.25. The number of likely N-dealkylation sites (tertiary alicyclic amines) is 1. The summed E-state index contributed by atoms with van der Waals surface area (Å²) in [6.07, 6.45) is 1.01. The fraction of sp³-hybridized carbons (Fsp3) is 0.381. The summed E-state index contributed by atoms with van der Waals surface area (Å²) in [5, 5.41) is 2.29. The molecule has 7 nitrogen and oxygen atoms in total. The van der Waals surface area contributed by atoms with Gasteiger partial charge in [0.15, 0.2) is 21.3 Å². The summed E-state index contributed by atoms with van der Waals surface area (Å²) < 4.78 is 36.2. The maximum absolute atomic E-state index is 12.7. The van der Waals surface area contributed by atoms with Crippen LogP contribution in [0.15, 0.2) is 53.4 Å². The van der Waals surface area contributed by atoms with Gasteiger partial charge >= 0.3 is 6.03 Å². The van der Waals surface area contributed by atoms with E-state index in [0.717, 1.165) is 5.56 Å². The van der Waals surface area contributed by atoms with Crippen LogP contribution in [0.5, 0.6) is 11.5 Å². The van der Waals surface area contributed by atoms with E-state index in [2.05, 4.69) is 5.32 Å². The maximum Gasteiger partial charge on any atom is 0.317 e. The number of carbonyl (C=O) groups is 1. The highest BCUT2D eigenvalue weighted by atomic mass is 32.2. The molecule has 0 saturated carbocycles. The summed E-state index contributed by atoms with van der Waals surface area (Å²) in [5.74, 6) is 1.30. The Balaban J connectivity index is 1.55. The third-order valence-corrected chi connectivity index (χ3v) is 7.29. The van der Waals surface area contributed by atoms with E-state index in [1.807, 2.05) is 18.2 Å². The Labute approximate surface area is 171 Å². The Hall–Kier alpha value is -2.74. The van der Waals surface area contributed by atoms with Gasteiger partial charge in [0.1, 0.15) is 0 Å². The number of methoxy groups -OCH3 is 2. The van der Waals surface area contributed by atoms with Crippen molar-refractivity contribution in [1.29, 1.82) is 0 Å². The third kappa shape index (κ3) is 4.64. The zero-order chi connectivity index (χ0) is 20.9. The van der Waals surface area contributed by atoms with E-state index in [9.17, 15) is 13.2 Å². The zero-order valence-electron chi connectivity index (χ0n) is 16.6. The number of para-hydroxylation sites is 1. The first-order chi connectivity index (χ1) is 14.0. The minimum atomic E-state index is -3.44. The number of rotatable bonds is 7. The molecule has 1 N–H and O–H groups in total. The molecule has 0 aromatic heterocycles. The summed E-state index contributed by atoms with van der Waals surface area (Å²) in [5.41, 5.74) is 0.929. The predicted octanol–water partition coefficient (Wildman–Crippen LogP) is 2.50. The van der Waals surface area contributed by atoms with Crippen molar-refractivity contribution in [3.05, 3.63) is 54.1 Å². The Morgan fingerprint density at radius 1 is 1.10 bits per heavy atom. The van der Waals surface area contributed by atoms with Crippen molar-refractivity contribution in [1.82, 2.24) is 10.2 Å². The van der Waals surface area contributed by atoms with Gasteiger partial charge in [0.2, 0.25) is 0 Å². The number of benzene rings is 2. The van der Waals surface area contributed by atoms with Gasteiger partial charge in [0, 0.05) is 19.6 Å². The maximum atomic E-state index is 12.7. The van der Waals surface area contributed by atoms with Crippen molar-refractivity contribution in [3.8, 4) is 11.5 Å². The normalized spacial score (nSPS) is 16.5. The highest BCUT2D eigenvalue weighted by molar-refractivity contribution is 7.92. The van der Waals surface area contributed by atoms with Crippen molar-refractivity contribution in [3.63, 3.8) is 0 Å². The number of hydrogen-bond donors (Lipinski definition) is 1. The lowest BCUT2D eigenvalue weighted by atomic mass is 10.1. The van der Waals surface area contributed by atoms with Crippen LogP contribution >= 0.6 is 0 Å². The van der Waals surface area contributed by atoms with Crippen LogP contribution in [-0.4, -0.2) is 58.5 Å². The first-order valence-electron chi connectivity index (χ1n) is 9.49. The van der Waals surface area contributed by atoms with Crippen LogP contribution < -0.4 is 14.8 Å². The smallest absolute Gasteiger partial charge is 0.317 e. The van der Waals surface area contributed by atoms with Gasteiger partial charge in [-0.3, -0.25) is 0 Å². The lowest BCUT2D eigenvalue weighted by Gasteiger charge is -2.18. The molecule has 1 aliphatic heterocycles. The van der Waals surface area contributed by atoms with Gasteiger partial charge in [-0.25, -0.2) is 13.2 Å². The van der Waals surface area contributed by atoms with Gasteiger partial charge in [0.25, 0.3) is 0 Å². The SMILES string of the molecule is COc1cccc(CCNC(=O)N2CCC(S(=O)(=O)c3ccccc3)C2)c1OC. The molecule has 156 valence electrons. The molecule has 3 rings (SSSR count). The summed E-state index contributed by atoms with van der Waals surface area (Å²) in [7, 11) is -0.277. The minimum absolute atomic E-state index is 0.200. The van der Waals surface area contributed by atoms with Crippen LogP contribution in [0.2, 0.25) is 0 Å². The predicted molar refractivity (Wildman–Crippen MR) is 110 cm³/mol. The molecule has 1 fully saturated rings. The number of sulfone groups is 1. The molecule has 0 aliphatic carbocycles. The van der Waals surface area contributed by atoms with Crippen molar-refractivity contribution in [2.24, 2.45) is 0 Å². The zero-order valence-corrected chi connectivity index (χ0v) is 17.4. The lowest BCUT2D eigenvalue weighted by Crippen LogP contribution is -2.40. The van der Waals surface area contributed by atoms with Crippen molar-refractivity contribution < 1.29 is 22.7 Å². The van der Waals surface area contributed by atoms with Crippen molar-refractivity contribution in [2.75, 3.05) is 33.9 Å². The van der Waals surface area contributed by atoms with E-state index < -0.39 is 15.1 Å². The van der Waals surface area contributed by atoms with Crippen LogP contribution in [0.4, 0.5) is 4.79 Å². The molecule has 1 saturated heterocycles. The average Bonchev–Trinajstić information content (AvgIpc) is 3.25. The number of amides is 2. The third-order valence-electron chi connectivity index (χ3n) is 5.10. The van der Waals surface area contributed by atoms with Crippen LogP contribution in [0, 0.1) is 0 Å². The molecule has 0 spiro atoms. The Morgan fingerprint density at radius 3 is 2.55 bits per heavy atom. The van der Waals surface area contributed by atoms with Crippen LogP contribution in [0.25, 0.3) is 0 Å². The van der Waals surface area contributed by atoms with E-state index in [0.29, 0.717) is 42.3 Å². The topological polar surface area (TPSA) is 84.9 Å². The second-order valence-electron chi connectivity index (χ2n) is 6.85. The van der Waals surface area contributed by atoms with Gasteiger partial charge in [-0.2, -0.15) is 0 Å². The van der Waals surface area contributed by atoms with Gasteiger partial charge in [-0.1, -0.05) is 30.3 Å². The van der Waals surface area contributed by atoms with Gasteiger partial charge in [-0.05, 0) is 36.6 Å². The van der Waals surface area contributed by atoms with E-state index in [4.69, 9.17) is 9.47 Å². The number of hydrogen-bond acceptors (Lipinski definition) is 5.